The molecule has 0 atom stereocenters. The van der Waals surface area contributed by atoms with Crippen LogP contribution in [0.5, 0.6) is 0 Å². The number of nitrogens with zero attached hydrogens (tertiary/aromatic N) is 4. The highest BCUT2D eigenvalue weighted by molar-refractivity contribution is 7.17. The fourth-order valence-corrected chi connectivity index (χ4v) is 3.29. The lowest BCUT2D eigenvalue weighted by Crippen LogP contribution is -2.23. The van der Waals surface area contributed by atoms with Crippen LogP contribution in [0.1, 0.15) is 11.3 Å². The Kier molecular flexibility index (Phi) is 3.09. The summed E-state index contributed by atoms with van der Waals surface area (Å²) in [5, 5.41) is 1.84. The number of aromatic nitrogens is 4. The summed E-state index contributed by atoms with van der Waals surface area (Å²) in [5.41, 5.74) is 2.55. The molecule has 0 saturated carbocycles. The lowest BCUT2D eigenvalue weighted by atomic mass is 10.3. The van der Waals surface area contributed by atoms with Crippen molar-refractivity contribution in [3.8, 4) is 0 Å². The summed E-state index contributed by atoms with van der Waals surface area (Å²) < 4.78 is 3.58. The van der Waals surface area contributed by atoms with E-state index in [0.29, 0.717) is 21.6 Å². The van der Waals surface area contributed by atoms with Crippen molar-refractivity contribution in [2.24, 2.45) is 0 Å². The fourth-order valence-electron chi connectivity index (χ4n) is 2.50. The molecule has 0 aliphatic carbocycles. The standard InChI is InChI=1S/C16H12N4O2S/c1-10-2-4-20-13(6-10)18-11(7-14(20)21)8-19-9-17-12-3-5-23-15(12)16(19)22/h2-7,9H,8H2,1H3. The van der Waals surface area contributed by atoms with Gasteiger partial charge in [0.25, 0.3) is 11.1 Å². The SMILES string of the molecule is Cc1ccn2c(=O)cc(Cn3cnc4ccsc4c3=O)nc2c1. The van der Waals surface area contributed by atoms with Gasteiger partial charge in [0.15, 0.2) is 0 Å². The van der Waals surface area contributed by atoms with Gasteiger partial charge in [-0.2, -0.15) is 0 Å². The minimum absolute atomic E-state index is 0.115. The Morgan fingerprint density at radius 2 is 2.09 bits per heavy atom. The van der Waals surface area contributed by atoms with Crippen LogP contribution in [0.4, 0.5) is 0 Å². The lowest BCUT2D eigenvalue weighted by Gasteiger charge is -2.07. The molecular weight excluding hydrogens is 312 g/mol. The highest BCUT2D eigenvalue weighted by atomic mass is 32.1. The van der Waals surface area contributed by atoms with Crippen LogP contribution in [0.3, 0.4) is 0 Å². The van der Waals surface area contributed by atoms with Gasteiger partial charge in [0.2, 0.25) is 0 Å². The van der Waals surface area contributed by atoms with Crippen molar-refractivity contribution < 1.29 is 0 Å². The number of pyridine rings is 1. The van der Waals surface area contributed by atoms with Crippen LogP contribution < -0.4 is 11.1 Å². The summed E-state index contributed by atoms with van der Waals surface area (Å²) in [6.45, 7) is 2.16. The molecule has 4 heterocycles. The lowest BCUT2D eigenvalue weighted by molar-refractivity contribution is 0.728. The van der Waals surface area contributed by atoms with E-state index in [0.717, 1.165) is 5.56 Å². The molecule has 0 aliphatic rings. The molecule has 0 aliphatic heterocycles. The van der Waals surface area contributed by atoms with Gasteiger partial charge in [0.1, 0.15) is 10.3 Å². The number of thiophene rings is 1. The molecule has 0 saturated heterocycles. The van der Waals surface area contributed by atoms with Gasteiger partial charge in [-0.15, -0.1) is 11.3 Å². The Hall–Kier alpha value is -2.80. The second kappa shape index (κ2) is 5.13. The van der Waals surface area contributed by atoms with Crippen LogP contribution in [0.25, 0.3) is 15.9 Å². The first-order valence-electron chi connectivity index (χ1n) is 7.03. The second-order valence-electron chi connectivity index (χ2n) is 5.33. The molecule has 0 N–H and O–H groups in total. The topological polar surface area (TPSA) is 69.3 Å². The monoisotopic (exact) mass is 324 g/mol. The fraction of sp³-hybridized carbons (Fsp3) is 0.125. The third-order valence-corrected chi connectivity index (χ3v) is 4.54. The van der Waals surface area contributed by atoms with Crippen molar-refractivity contribution in [2.45, 2.75) is 13.5 Å². The van der Waals surface area contributed by atoms with Crippen molar-refractivity contribution in [3.05, 3.63) is 74.1 Å². The van der Waals surface area contributed by atoms with E-state index in [4.69, 9.17) is 0 Å². The molecule has 0 bridgehead atoms. The Morgan fingerprint density at radius 3 is 2.96 bits per heavy atom. The van der Waals surface area contributed by atoms with Crippen LogP contribution >= 0.6 is 11.3 Å². The molecule has 6 nitrogen and oxygen atoms in total. The van der Waals surface area contributed by atoms with Gasteiger partial charge in [-0.05, 0) is 36.1 Å². The molecule has 0 amide bonds. The minimum Gasteiger partial charge on any atom is -0.292 e. The summed E-state index contributed by atoms with van der Waals surface area (Å²) in [6, 6.07) is 6.96. The maximum Gasteiger partial charge on any atom is 0.271 e. The van der Waals surface area contributed by atoms with E-state index >= 15 is 0 Å². The van der Waals surface area contributed by atoms with E-state index in [9.17, 15) is 9.59 Å². The largest absolute Gasteiger partial charge is 0.292 e. The normalized spacial score (nSPS) is 11.3. The number of hydrogen-bond donors (Lipinski definition) is 0. The van der Waals surface area contributed by atoms with Crippen LogP contribution in [-0.2, 0) is 6.54 Å². The van der Waals surface area contributed by atoms with E-state index in [1.54, 1.807) is 6.20 Å². The van der Waals surface area contributed by atoms with Gasteiger partial charge < -0.3 is 0 Å². The van der Waals surface area contributed by atoms with Crippen LogP contribution in [0, 0.1) is 6.92 Å². The zero-order chi connectivity index (χ0) is 16.0. The van der Waals surface area contributed by atoms with Crippen LogP contribution in [0.2, 0.25) is 0 Å². The quantitative estimate of drug-likeness (QED) is 0.564. The molecule has 114 valence electrons. The van der Waals surface area contributed by atoms with Crippen LogP contribution in [-0.4, -0.2) is 18.9 Å². The number of aryl methyl sites for hydroxylation is 1. The third-order valence-electron chi connectivity index (χ3n) is 3.64. The molecule has 4 rings (SSSR count). The van der Waals surface area contributed by atoms with E-state index in [2.05, 4.69) is 9.97 Å². The highest BCUT2D eigenvalue weighted by Crippen LogP contribution is 2.13. The zero-order valence-corrected chi connectivity index (χ0v) is 13.1. The molecule has 0 unspecified atom stereocenters. The predicted octanol–water partition coefficient (Wildman–Crippen LogP) is 1.82. The molecular formula is C16H12N4O2S. The molecule has 4 aromatic heterocycles. The summed E-state index contributed by atoms with van der Waals surface area (Å²) in [4.78, 5) is 33.3. The first-order chi connectivity index (χ1) is 11.1. The maximum absolute atomic E-state index is 12.4. The molecule has 4 aromatic rings. The molecule has 0 fully saturated rings. The maximum atomic E-state index is 12.4. The number of fused-ring (bicyclic) bond motifs is 2. The first kappa shape index (κ1) is 13.8. The second-order valence-corrected chi connectivity index (χ2v) is 6.25. The van der Waals surface area contributed by atoms with Gasteiger partial charge >= 0.3 is 0 Å². The average molecular weight is 324 g/mol. The van der Waals surface area contributed by atoms with E-state index < -0.39 is 0 Å². The summed E-state index contributed by atoms with van der Waals surface area (Å²) in [5.74, 6) is 0. The summed E-state index contributed by atoms with van der Waals surface area (Å²) >= 11 is 1.36. The minimum atomic E-state index is -0.164. The molecule has 0 spiro atoms. The summed E-state index contributed by atoms with van der Waals surface area (Å²) in [7, 11) is 0. The predicted molar refractivity (Wildman–Crippen MR) is 89.2 cm³/mol. The van der Waals surface area contributed by atoms with Gasteiger partial charge in [-0.25, -0.2) is 9.97 Å². The average Bonchev–Trinajstić information content (AvgIpc) is 2.99. The van der Waals surface area contributed by atoms with Crippen molar-refractivity contribution in [1.29, 1.82) is 0 Å². The molecule has 0 aromatic carbocycles. The number of rotatable bonds is 2. The Morgan fingerprint density at radius 1 is 1.22 bits per heavy atom. The Balaban J connectivity index is 1.84. The van der Waals surface area contributed by atoms with Gasteiger partial charge in [-0.1, -0.05) is 0 Å². The van der Waals surface area contributed by atoms with E-state index in [1.807, 2.05) is 30.5 Å². The Bertz CT molecular complexity index is 1160. The van der Waals surface area contributed by atoms with E-state index in [-0.39, 0.29) is 17.7 Å². The number of hydrogen-bond acceptors (Lipinski definition) is 5. The zero-order valence-electron chi connectivity index (χ0n) is 12.3. The smallest absolute Gasteiger partial charge is 0.271 e. The van der Waals surface area contributed by atoms with Gasteiger partial charge in [-0.3, -0.25) is 18.6 Å². The van der Waals surface area contributed by atoms with Crippen molar-refractivity contribution >= 4 is 27.2 Å². The molecule has 23 heavy (non-hydrogen) atoms. The molecule has 7 heteroatoms. The highest BCUT2D eigenvalue weighted by Gasteiger charge is 2.08. The molecule has 0 radical (unpaired) electrons. The summed E-state index contributed by atoms with van der Waals surface area (Å²) in [6.07, 6.45) is 3.20. The van der Waals surface area contributed by atoms with Crippen molar-refractivity contribution in [3.63, 3.8) is 0 Å². The van der Waals surface area contributed by atoms with Crippen molar-refractivity contribution in [1.82, 2.24) is 18.9 Å². The van der Waals surface area contributed by atoms with Gasteiger partial charge in [0.05, 0.1) is 24.1 Å². The van der Waals surface area contributed by atoms with Crippen molar-refractivity contribution in [2.75, 3.05) is 0 Å². The van der Waals surface area contributed by atoms with Gasteiger partial charge in [0, 0.05) is 12.3 Å². The first-order valence-corrected chi connectivity index (χ1v) is 7.91. The third kappa shape index (κ3) is 2.35. The van der Waals surface area contributed by atoms with Crippen LogP contribution in [0.15, 0.2) is 51.8 Å². The van der Waals surface area contributed by atoms with E-state index in [1.165, 1.54) is 32.7 Å². The Labute approximate surface area is 134 Å².